The average molecular weight is 311 g/mol. The van der Waals surface area contributed by atoms with Crippen molar-refractivity contribution in [3.63, 3.8) is 0 Å². The van der Waals surface area contributed by atoms with Crippen LogP contribution in [0, 0.1) is 0 Å². The van der Waals surface area contributed by atoms with E-state index >= 15 is 0 Å². The van der Waals surface area contributed by atoms with Crippen molar-refractivity contribution in [3.05, 3.63) is 29.3 Å². The molecule has 0 unspecified atom stereocenters. The lowest BCUT2D eigenvalue weighted by atomic mass is 10.4. The van der Waals surface area contributed by atoms with E-state index < -0.39 is 0 Å². The lowest BCUT2D eigenvalue weighted by molar-refractivity contribution is 0.591. The van der Waals surface area contributed by atoms with E-state index in [-0.39, 0.29) is 0 Å². The number of aryl methyl sites for hydroxylation is 1. The third-order valence-electron chi connectivity index (χ3n) is 2.44. The second kappa shape index (κ2) is 6.34. The summed E-state index contributed by atoms with van der Waals surface area (Å²) < 4.78 is 2.77. The zero-order valence-electron chi connectivity index (χ0n) is 10.1. The van der Waals surface area contributed by atoms with Crippen LogP contribution in [0.15, 0.2) is 29.3 Å². The Morgan fingerprint density at radius 2 is 2.17 bits per heavy atom. The molecule has 0 radical (unpaired) electrons. The second-order valence-electron chi connectivity index (χ2n) is 3.68. The quantitative estimate of drug-likeness (QED) is 0.799. The molecule has 0 aliphatic carbocycles. The molecule has 6 nitrogen and oxygen atoms in total. The number of nitrogens with one attached hydrogen (secondary N) is 2. The van der Waals surface area contributed by atoms with E-state index in [9.17, 15) is 0 Å². The summed E-state index contributed by atoms with van der Waals surface area (Å²) in [6, 6.07) is 1.92. The Kier molecular flexibility index (Phi) is 4.52. The van der Waals surface area contributed by atoms with Crippen molar-refractivity contribution in [1.82, 2.24) is 19.7 Å². The van der Waals surface area contributed by atoms with Gasteiger partial charge in [-0.15, -0.1) is 0 Å². The van der Waals surface area contributed by atoms with Crippen LogP contribution in [0.5, 0.6) is 0 Å². The summed E-state index contributed by atoms with van der Waals surface area (Å²) in [7, 11) is 1.83. The molecule has 0 aliphatic rings. The molecule has 0 amide bonds. The Hall–Kier alpha value is -1.63. The molecule has 96 valence electrons. The maximum absolute atomic E-state index is 4.19. The maximum atomic E-state index is 4.19. The fourth-order valence-corrected chi connectivity index (χ4v) is 2.09. The van der Waals surface area contributed by atoms with Crippen molar-refractivity contribution in [2.45, 2.75) is 13.0 Å². The molecule has 7 heteroatoms. The molecule has 18 heavy (non-hydrogen) atoms. The van der Waals surface area contributed by atoms with Gasteiger partial charge in [-0.3, -0.25) is 4.68 Å². The normalized spacial score (nSPS) is 10.3. The molecule has 0 aliphatic heterocycles. The molecule has 2 aromatic heterocycles. The second-order valence-corrected chi connectivity index (χ2v) is 4.48. The molecule has 2 rings (SSSR count). The number of anilines is 2. The third kappa shape index (κ3) is 3.19. The highest BCUT2D eigenvalue weighted by Gasteiger charge is 2.06. The van der Waals surface area contributed by atoms with E-state index in [1.165, 1.54) is 6.33 Å². The Labute approximate surface area is 114 Å². The molecule has 0 saturated carbocycles. The first kappa shape index (κ1) is 12.8. The summed E-state index contributed by atoms with van der Waals surface area (Å²) >= 11 is 3.46. The molecular weight excluding hydrogens is 296 g/mol. The van der Waals surface area contributed by atoms with E-state index in [1.807, 2.05) is 24.0 Å². The van der Waals surface area contributed by atoms with Crippen molar-refractivity contribution < 1.29 is 0 Å². The van der Waals surface area contributed by atoms with E-state index in [2.05, 4.69) is 41.6 Å². The Balaban J connectivity index is 1.83. The van der Waals surface area contributed by atoms with Gasteiger partial charge in [0, 0.05) is 32.5 Å². The summed E-state index contributed by atoms with van der Waals surface area (Å²) in [5.41, 5.74) is 0. The van der Waals surface area contributed by atoms with Crippen LogP contribution in [0.4, 0.5) is 11.6 Å². The van der Waals surface area contributed by atoms with Gasteiger partial charge in [0.1, 0.15) is 22.4 Å². The molecule has 2 N–H and O–H groups in total. The van der Waals surface area contributed by atoms with Gasteiger partial charge in [0.05, 0.1) is 0 Å². The standard InChI is InChI=1S/C11H15BrN6/c1-13-10-9(12)11(16-8-15-10)14-4-2-6-18-7-3-5-17-18/h3,5,7-8H,2,4,6H2,1H3,(H2,13,14,15,16). The monoisotopic (exact) mass is 310 g/mol. The molecule has 0 aromatic carbocycles. The van der Waals surface area contributed by atoms with Gasteiger partial charge in [-0.1, -0.05) is 0 Å². The zero-order chi connectivity index (χ0) is 12.8. The highest BCUT2D eigenvalue weighted by molar-refractivity contribution is 9.10. The predicted octanol–water partition coefficient (Wildman–Crippen LogP) is 1.98. The first-order chi connectivity index (χ1) is 8.81. The predicted molar refractivity (Wildman–Crippen MR) is 74.6 cm³/mol. The van der Waals surface area contributed by atoms with Gasteiger partial charge in [-0.05, 0) is 28.4 Å². The Bertz CT molecular complexity index is 484. The number of hydrogen-bond donors (Lipinski definition) is 2. The van der Waals surface area contributed by atoms with Gasteiger partial charge in [0.2, 0.25) is 0 Å². The van der Waals surface area contributed by atoms with Crippen molar-refractivity contribution in [1.29, 1.82) is 0 Å². The number of hydrogen-bond acceptors (Lipinski definition) is 5. The van der Waals surface area contributed by atoms with Gasteiger partial charge in [-0.2, -0.15) is 5.10 Å². The SMILES string of the molecule is CNc1ncnc(NCCCn2cccn2)c1Br. The minimum Gasteiger partial charge on any atom is -0.372 e. The number of rotatable bonds is 6. The van der Waals surface area contributed by atoms with Crippen LogP contribution < -0.4 is 10.6 Å². The molecule has 0 spiro atoms. The van der Waals surface area contributed by atoms with Gasteiger partial charge in [-0.25, -0.2) is 9.97 Å². The fraction of sp³-hybridized carbons (Fsp3) is 0.364. The van der Waals surface area contributed by atoms with Crippen molar-refractivity contribution >= 4 is 27.6 Å². The van der Waals surface area contributed by atoms with Crippen molar-refractivity contribution in [2.75, 3.05) is 24.2 Å². The van der Waals surface area contributed by atoms with Crippen LogP contribution in [-0.2, 0) is 6.54 Å². The van der Waals surface area contributed by atoms with Gasteiger partial charge >= 0.3 is 0 Å². The topological polar surface area (TPSA) is 67.7 Å². The summed E-state index contributed by atoms with van der Waals surface area (Å²) in [4.78, 5) is 8.29. The number of halogens is 1. The summed E-state index contributed by atoms with van der Waals surface area (Å²) in [5.74, 6) is 1.58. The molecule has 0 bridgehead atoms. The van der Waals surface area contributed by atoms with Crippen molar-refractivity contribution in [2.24, 2.45) is 0 Å². The third-order valence-corrected chi connectivity index (χ3v) is 3.19. The molecule has 0 fully saturated rings. The lowest BCUT2D eigenvalue weighted by Gasteiger charge is -2.09. The molecule has 2 heterocycles. The van der Waals surface area contributed by atoms with Gasteiger partial charge in [0.15, 0.2) is 0 Å². The first-order valence-electron chi connectivity index (χ1n) is 5.71. The molecule has 2 aromatic rings. The number of nitrogens with zero attached hydrogens (tertiary/aromatic N) is 4. The molecule has 0 atom stereocenters. The smallest absolute Gasteiger partial charge is 0.145 e. The van der Waals surface area contributed by atoms with Crippen LogP contribution in [0.25, 0.3) is 0 Å². The van der Waals surface area contributed by atoms with E-state index in [1.54, 1.807) is 6.20 Å². The molecule has 0 saturated heterocycles. The summed E-state index contributed by atoms with van der Waals surface area (Å²) in [6.45, 7) is 1.72. The largest absolute Gasteiger partial charge is 0.372 e. The molecular formula is C11H15BrN6. The van der Waals surface area contributed by atoms with Crippen LogP contribution in [0.1, 0.15) is 6.42 Å². The highest BCUT2D eigenvalue weighted by Crippen LogP contribution is 2.25. The maximum Gasteiger partial charge on any atom is 0.145 e. The van der Waals surface area contributed by atoms with Gasteiger partial charge < -0.3 is 10.6 Å². The van der Waals surface area contributed by atoms with Crippen LogP contribution >= 0.6 is 15.9 Å². The summed E-state index contributed by atoms with van der Waals surface area (Å²) in [6.07, 6.45) is 6.26. The zero-order valence-corrected chi connectivity index (χ0v) is 11.7. The fourth-order valence-electron chi connectivity index (χ4n) is 1.55. The van der Waals surface area contributed by atoms with Crippen LogP contribution in [0.2, 0.25) is 0 Å². The summed E-state index contributed by atoms with van der Waals surface area (Å²) in [5, 5.41) is 10.4. The van der Waals surface area contributed by atoms with E-state index in [0.717, 1.165) is 35.6 Å². The first-order valence-corrected chi connectivity index (χ1v) is 6.50. The Morgan fingerprint density at radius 3 is 2.89 bits per heavy atom. The average Bonchev–Trinajstić information content (AvgIpc) is 2.89. The minimum absolute atomic E-state index is 0.777. The van der Waals surface area contributed by atoms with Crippen LogP contribution in [-0.4, -0.2) is 33.3 Å². The minimum atomic E-state index is 0.777. The van der Waals surface area contributed by atoms with Crippen molar-refractivity contribution in [3.8, 4) is 0 Å². The Morgan fingerprint density at radius 1 is 1.33 bits per heavy atom. The van der Waals surface area contributed by atoms with Gasteiger partial charge in [0.25, 0.3) is 0 Å². The van der Waals surface area contributed by atoms with E-state index in [4.69, 9.17) is 0 Å². The highest BCUT2D eigenvalue weighted by atomic mass is 79.9. The van der Waals surface area contributed by atoms with Crippen LogP contribution in [0.3, 0.4) is 0 Å². The number of aromatic nitrogens is 4. The van der Waals surface area contributed by atoms with E-state index in [0.29, 0.717) is 0 Å². The lowest BCUT2D eigenvalue weighted by Crippen LogP contribution is -2.09.